The highest BCUT2D eigenvalue weighted by molar-refractivity contribution is 5.96. The van der Waals surface area contributed by atoms with Gasteiger partial charge in [0.2, 0.25) is 0 Å². The molecule has 0 radical (unpaired) electrons. The second-order valence-corrected chi connectivity index (χ2v) is 5.76. The summed E-state index contributed by atoms with van der Waals surface area (Å²) in [4.78, 5) is 24.4. The highest BCUT2D eigenvalue weighted by atomic mass is 16.5. The van der Waals surface area contributed by atoms with Crippen LogP contribution in [-0.2, 0) is 16.1 Å². The Labute approximate surface area is 135 Å². The number of nitrogens with one attached hydrogen (secondary N) is 1. The average Bonchev–Trinajstić information content (AvgIpc) is 3.07. The monoisotopic (exact) mass is 315 g/mol. The van der Waals surface area contributed by atoms with Crippen LogP contribution in [0.3, 0.4) is 0 Å². The molecule has 1 aromatic heterocycles. The van der Waals surface area contributed by atoms with Crippen LogP contribution >= 0.6 is 0 Å². The highest BCUT2D eigenvalue weighted by Gasteiger charge is 2.24. The predicted octanol–water partition coefficient (Wildman–Crippen LogP) is 3.17. The molecule has 5 heteroatoms. The largest absolute Gasteiger partial charge is 0.472 e. The molecule has 5 nitrogen and oxygen atoms in total. The van der Waals surface area contributed by atoms with Gasteiger partial charge < -0.3 is 14.5 Å². The molecule has 0 aliphatic heterocycles. The molecule has 0 aliphatic rings. The summed E-state index contributed by atoms with van der Waals surface area (Å²) in [5.41, 5.74) is 1.29. The van der Waals surface area contributed by atoms with Crippen LogP contribution < -0.4 is 5.32 Å². The Balaban J connectivity index is 1.96. The van der Waals surface area contributed by atoms with Crippen LogP contribution in [0.4, 0.5) is 0 Å². The zero-order valence-electron chi connectivity index (χ0n) is 13.3. The number of esters is 1. The maximum absolute atomic E-state index is 12.3. The molecule has 0 spiro atoms. The van der Waals surface area contributed by atoms with Gasteiger partial charge in [-0.1, -0.05) is 44.2 Å². The first kappa shape index (κ1) is 16.8. The van der Waals surface area contributed by atoms with E-state index in [0.717, 1.165) is 5.56 Å². The molecule has 1 N–H and O–H groups in total. The Hall–Kier alpha value is -2.56. The lowest BCUT2D eigenvalue weighted by molar-refractivity contribution is -0.147. The van der Waals surface area contributed by atoms with Gasteiger partial charge in [0.1, 0.15) is 18.9 Å². The summed E-state index contributed by atoms with van der Waals surface area (Å²) in [6.45, 7) is 4.17. The first-order valence-corrected chi connectivity index (χ1v) is 7.60. The van der Waals surface area contributed by atoms with E-state index < -0.39 is 12.0 Å². The lowest BCUT2D eigenvalue weighted by Crippen LogP contribution is -2.42. The van der Waals surface area contributed by atoms with Crippen molar-refractivity contribution >= 4 is 11.9 Å². The maximum Gasteiger partial charge on any atom is 0.328 e. The van der Waals surface area contributed by atoms with Crippen LogP contribution in [0, 0.1) is 5.92 Å². The number of rotatable bonds is 7. The van der Waals surface area contributed by atoms with E-state index in [9.17, 15) is 9.59 Å². The third-order valence-corrected chi connectivity index (χ3v) is 3.30. The molecule has 0 fully saturated rings. The Morgan fingerprint density at radius 3 is 2.52 bits per heavy atom. The molecule has 0 aliphatic carbocycles. The van der Waals surface area contributed by atoms with Crippen molar-refractivity contribution < 1.29 is 18.7 Å². The summed E-state index contributed by atoms with van der Waals surface area (Å²) < 4.78 is 10.2. The molecule has 0 saturated heterocycles. The Morgan fingerprint density at radius 1 is 1.17 bits per heavy atom. The normalized spacial score (nSPS) is 12.0. The number of amides is 1. The molecule has 0 unspecified atom stereocenters. The van der Waals surface area contributed by atoms with Crippen molar-refractivity contribution in [3.63, 3.8) is 0 Å². The molecule has 2 aromatic rings. The van der Waals surface area contributed by atoms with E-state index in [0.29, 0.717) is 12.0 Å². The van der Waals surface area contributed by atoms with Gasteiger partial charge in [0.25, 0.3) is 5.91 Å². The van der Waals surface area contributed by atoms with Gasteiger partial charge in [-0.3, -0.25) is 4.79 Å². The molecule has 23 heavy (non-hydrogen) atoms. The van der Waals surface area contributed by atoms with Crippen molar-refractivity contribution in [2.24, 2.45) is 5.92 Å². The van der Waals surface area contributed by atoms with Crippen LogP contribution in [-0.4, -0.2) is 17.9 Å². The van der Waals surface area contributed by atoms with Crippen LogP contribution in [0.15, 0.2) is 53.3 Å². The van der Waals surface area contributed by atoms with E-state index in [1.54, 1.807) is 6.07 Å². The SMILES string of the molecule is CC(C)C[C@H](NC(=O)c1ccoc1)C(=O)OCc1ccccc1. The van der Waals surface area contributed by atoms with Gasteiger partial charge in [-0.05, 0) is 24.0 Å². The van der Waals surface area contributed by atoms with Crippen molar-refractivity contribution in [2.75, 3.05) is 0 Å². The van der Waals surface area contributed by atoms with Crippen molar-refractivity contribution in [3.8, 4) is 0 Å². The number of carbonyl (C=O) groups is 2. The number of hydrogen-bond donors (Lipinski definition) is 1. The molecular weight excluding hydrogens is 294 g/mol. The van der Waals surface area contributed by atoms with Crippen LogP contribution in [0.25, 0.3) is 0 Å². The molecule has 122 valence electrons. The fourth-order valence-corrected chi connectivity index (χ4v) is 2.15. The van der Waals surface area contributed by atoms with Crippen molar-refractivity contribution in [3.05, 3.63) is 60.1 Å². The molecule has 2 rings (SSSR count). The molecule has 1 atom stereocenters. The third kappa shape index (κ3) is 5.29. The van der Waals surface area contributed by atoms with Gasteiger partial charge in [0.05, 0.1) is 11.8 Å². The fourth-order valence-electron chi connectivity index (χ4n) is 2.15. The number of furan rings is 1. The Morgan fingerprint density at radius 2 is 1.91 bits per heavy atom. The quantitative estimate of drug-likeness (QED) is 0.797. The van der Waals surface area contributed by atoms with Gasteiger partial charge >= 0.3 is 5.97 Å². The standard InChI is InChI=1S/C18H21NO4/c1-13(2)10-16(19-17(20)15-8-9-22-12-15)18(21)23-11-14-6-4-3-5-7-14/h3-9,12-13,16H,10-11H2,1-2H3,(H,19,20)/t16-/m0/s1. The molecule has 1 heterocycles. The van der Waals surface area contributed by atoms with Crippen LogP contribution in [0.1, 0.15) is 36.2 Å². The van der Waals surface area contributed by atoms with E-state index in [1.807, 2.05) is 44.2 Å². The van der Waals surface area contributed by atoms with Gasteiger partial charge in [-0.2, -0.15) is 0 Å². The van der Waals surface area contributed by atoms with E-state index in [-0.39, 0.29) is 18.4 Å². The van der Waals surface area contributed by atoms with Gasteiger partial charge in [-0.25, -0.2) is 4.79 Å². The second-order valence-electron chi connectivity index (χ2n) is 5.76. The molecular formula is C18H21NO4. The zero-order chi connectivity index (χ0) is 16.7. The molecule has 1 aromatic carbocycles. The number of benzene rings is 1. The average molecular weight is 315 g/mol. The summed E-state index contributed by atoms with van der Waals surface area (Å²) in [6.07, 6.45) is 3.27. The van der Waals surface area contributed by atoms with E-state index >= 15 is 0 Å². The van der Waals surface area contributed by atoms with Crippen molar-refractivity contribution in [2.45, 2.75) is 32.9 Å². The van der Waals surface area contributed by atoms with Gasteiger partial charge in [-0.15, -0.1) is 0 Å². The molecule has 0 bridgehead atoms. The van der Waals surface area contributed by atoms with Gasteiger partial charge in [0.15, 0.2) is 0 Å². The maximum atomic E-state index is 12.3. The zero-order valence-corrected chi connectivity index (χ0v) is 13.3. The topological polar surface area (TPSA) is 68.5 Å². The summed E-state index contributed by atoms with van der Waals surface area (Å²) in [7, 11) is 0. The Kier molecular flexibility index (Phi) is 5.97. The third-order valence-electron chi connectivity index (χ3n) is 3.30. The van der Waals surface area contributed by atoms with Crippen LogP contribution in [0.5, 0.6) is 0 Å². The van der Waals surface area contributed by atoms with E-state index in [2.05, 4.69) is 5.32 Å². The summed E-state index contributed by atoms with van der Waals surface area (Å²) >= 11 is 0. The Bertz CT molecular complexity index is 620. The van der Waals surface area contributed by atoms with Crippen molar-refractivity contribution in [1.29, 1.82) is 0 Å². The lowest BCUT2D eigenvalue weighted by atomic mass is 10.0. The highest BCUT2D eigenvalue weighted by Crippen LogP contribution is 2.10. The molecule has 1 amide bonds. The minimum Gasteiger partial charge on any atom is -0.472 e. The van der Waals surface area contributed by atoms with E-state index in [1.165, 1.54) is 12.5 Å². The fraction of sp³-hybridized carbons (Fsp3) is 0.333. The molecule has 0 saturated carbocycles. The van der Waals surface area contributed by atoms with Crippen molar-refractivity contribution in [1.82, 2.24) is 5.32 Å². The number of ether oxygens (including phenoxy) is 1. The van der Waals surface area contributed by atoms with Crippen LogP contribution in [0.2, 0.25) is 0 Å². The predicted molar refractivity (Wildman–Crippen MR) is 85.7 cm³/mol. The van der Waals surface area contributed by atoms with Gasteiger partial charge in [0, 0.05) is 0 Å². The smallest absolute Gasteiger partial charge is 0.328 e. The minimum absolute atomic E-state index is 0.190. The first-order valence-electron chi connectivity index (χ1n) is 7.60. The first-order chi connectivity index (χ1) is 11.1. The number of hydrogen-bond acceptors (Lipinski definition) is 4. The number of carbonyl (C=O) groups excluding carboxylic acids is 2. The summed E-state index contributed by atoms with van der Waals surface area (Å²) in [5, 5.41) is 2.71. The summed E-state index contributed by atoms with van der Waals surface area (Å²) in [5.74, 6) is -0.533. The summed E-state index contributed by atoms with van der Waals surface area (Å²) in [6, 6.07) is 10.3. The second kappa shape index (κ2) is 8.17. The van der Waals surface area contributed by atoms with E-state index in [4.69, 9.17) is 9.15 Å². The lowest BCUT2D eigenvalue weighted by Gasteiger charge is -2.19. The minimum atomic E-state index is -0.680.